The van der Waals surface area contributed by atoms with Crippen molar-refractivity contribution in [2.45, 2.75) is 19.4 Å². The second-order valence-electron chi connectivity index (χ2n) is 4.35. The van der Waals surface area contributed by atoms with Gasteiger partial charge in [-0.15, -0.1) is 0 Å². The van der Waals surface area contributed by atoms with E-state index >= 15 is 0 Å². The fourth-order valence-corrected chi connectivity index (χ4v) is 1.68. The number of hydrogen-bond acceptors (Lipinski definition) is 6. The van der Waals surface area contributed by atoms with Gasteiger partial charge in [0.2, 0.25) is 5.91 Å². The van der Waals surface area contributed by atoms with Crippen molar-refractivity contribution in [3.63, 3.8) is 0 Å². The predicted octanol–water partition coefficient (Wildman–Crippen LogP) is 0.533. The fourth-order valence-electron chi connectivity index (χ4n) is 1.44. The molecule has 0 aromatic heterocycles. The maximum absolute atomic E-state index is 10.3. The molecule has 0 aliphatic heterocycles. The van der Waals surface area contributed by atoms with Crippen LogP contribution in [0, 0.1) is 0 Å². The Bertz CT molecular complexity index is 562. The van der Waals surface area contributed by atoms with Gasteiger partial charge < -0.3 is 25.4 Å². The average Bonchev–Trinajstić information content (AvgIpc) is 2.46. The van der Waals surface area contributed by atoms with Crippen LogP contribution < -0.4 is 10.1 Å². The van der Waals surface area contributed by atoms with Gasteiger partial charge in [0.05, 0.1) is 13.5 Å². The van der Waals surface area contributed by atoms with Crippen molar-refractivity contribution in [1.29, 1.82) is 0 Å². The molecule has 0 fully saturated rings. The first kappa shape index (κ1) is 20.6. The monoisotopic (exact) mass is 345 g/mol. The summed E-state index contributed by atoms with van der Waals surface area (Å²) in [6.07, 6.45) is -0.0728. The summed E-state index contributed by atoms with van der Waals surface area (Å²) in [6.45, 7) is 1.26. The maximum atomic E-state index is 10.3. The maximum Gasteiger partial charge on any atom is 0.327 e. The Hall–Kier alpha value is -2.42. The molecule has 0 saturated heterocycles. The van der Waals surface area contributed by atoms with E-state index in [0.29, 0.717) is 11.3 Å². The van der Waals surface area contributed by atoms with Crippen molar-refractivity contribution in [3.05, 3.63) is 23.8 Å². The van der Waals surface area contributed by atoms with Gasteiger partial charge in [-0.1, -0.05) is 6.07 Å². The number of rotatable bonds is 6. The molecule has 1 aromatic carbocycles. The summed E-state index contributed by atoms with van der Waals surface area (Å²) in [7, 11) is 1.42. The fraction of sp³-hybridized carbons (Fsp3) is 0.357. The number of thiol groups is 1. The number of ether oxygens (including phenoxy) is 1. The molecule has 0 radical (unpaired) electrons. The van der Waals surface area contributed by atoms with Crippen LogP contribution in [0.4, 0.5) is 0 Å². The van der Waals surface area contributed by atoms with Crippen LogP contribution in [0.3, 0.4) is 0 Å². The molecule has 9 heteroatoms. The lowest BCUT2D eigenvalue weighted by molar-refractivity contribution is -0.140. The number of carbonyl (C=O) groups is 3. The van der Waals surface area contributed by atoms with Crippen molar-refractivity contribution in [2.75, 3.05) is 12.9 Å². The number of nitrogens with one attached hydrogen (secondary N) is 1. The third kappa shape index (κ3) is 8.57. The summed E-state index contributed by atoms with van der Waals surface area (Å²) >= 11 is 3.73. The smallest absolute Gasteiger partial charge is 0.327 e. The Balaban J connectivity index is 0.000000438. The van der Waals surface area contributed by atoms with E-state index in [4.69, 9.17) is 14.9 Å². The number of carboxylic acids is 2. The Morgan fingerprint density at radius 2 is 1.91 bits per heavy atom. The Morgan fingerprint density at radius 1 is 1.30 bits per heavy atom. The zero-order chi connectivity index (χ0) is 18.0. The van der Waals surface area contributed by atoms with Crippen molar-refractivity contribution in [3.8, 4) is 11.5 Å². The number of benzene rings is 1. The molecule has 0 spiro atoms. The standard InChI is InChI=1S/C9H10O4.C5H9NO3S/c1-13-8-4-6(5-9(11)12)2-3-7(8)10;1-3(7)6-4(2-10)5(8)9/h2-4,10H,5H2,1H3,(H,11,12);4,10H,2H2,1H3,(H,6,7)(H,8,9). The van der Waals surface area contributed by atoms with Gasteiger partial charge in [-0.3, -0.25) is 9.59 Å². The molecule has 0 aliphatic carbocycles. The summed E-state index contributed by atoms with van der Waals surface area (Å²) in [5.74, 6) is -1.93. The minimum absolute atomic E-state index is 0.0108. The second kappa shape index (κ2) is 10.3. The molecule has 4 N–H and O–H groups in total. The van der Waals surface area contributed by atoms with E-state index in [0.717, 1.165) is 0 Å². The van der Waals surface area contributed by atoms with Crippen LogP contribution in [0.5, 0.6) is 11.5 Å². The number of amides is 1. The number of carboxylic acid groups (broad SMARTS) is 2. The zero-order valence-electron chi connectivity index (χ0n) is 12.6. The molecule has 128 valence electrons. The largest absolute Gasteiger partial charge is 0.504 e. The topological polar surface area (TPSA) is 133 Å². The van der Waals surface area contributed by atoms with Crippen molar-refractivity contribution in [2.24, 2.45) is 0 Å². The lowest BCUT2D eigenvalue weighted by Crippen LogP contribution is -2.40. The SMILES string of the molecule is CC(=O)NC(CS)C(=O)O.COc1cc(CC(=O)O)ccc1O. The van der Waals surface area contributed by atoms with Crippen LogP contribution in [0.2, 0.25) is 0 Å². The molecule has 23 heavy (non-hydrogen) atoms. The molecule has 0 saturated carbocycles. The molecule has 0 aliphatic rings. The normalized spacial score (nSPS) is 10.7. The first-order valence-electron chi connectivity index (χ1n) is 6.39. The van der Waals surface area contributed by atoms with Crippen molar-refractivity contribution in [1.82, 2.24) is 5.32 Å². The lowest BCUT2D eigenvalue weighted by atomic mass is 10.1. The Morgan fingerprint density at radius 3 is 2.26 bits per heavy atom. The third-order valence-electron chi connectivity index (χ3n) is 2.46. The first-order valence-corrected chi connectivity index (χ1v) is 7.02. The molecule has 1 atom stereocenters. The molecule has 1 rings (SSSR count). The molecule has 1 aromatic rings. The van der Waals surface area contributed by atoms with E-state index in [1.165, 1.54) is 26.2 Å². The van der Waals surface area contributed by atoms with Gasteiger partial charge in [-0.2, -0.15) is 12.6 Å². The highest BCUT2D eigenvalue weighted by Gasteiger charge is 2.15. The van der Waals surface area contributed by atoms with E-state index in [2.05, 4.69) is 17.9 Å². The summed E-state index contributed by atoms with van der Waals surface area (Å²) in [6, 6.07) is 3.59. The van der Waals surface area contributed by atoms with Crippen LogP contribution in [0.1, 0.15) is 12.5 Å². The van der Waals surface area contributed by atoms with Crippen LogP contribution in [0.15, 0.2) is 18.2 Å². The molecule has 1 unspecified atom stereocenters. The highest BCUT2D eigenvalue weighted by Crippen LogP contribution is 2.26. The van der Waals surface area contributed by atoms with Crippen LogP contribution in [0.25, 0.3) is 0 Å². The highest BCUT2D eigenvalue weighted by atomic mass is 32.1. The van der Waals surface area contributed by atoms with E-state index in [1.54, 1.807) is 6.07 Å². The number of hydrogen-bond donors (Lipinski definition) is 5. The van der Waals surface area contributed by atoms with Gasteiger partial charge in [0, 0.05) is 12.7 Å². The van der Waals surface area contributed by atoms with Crippen LogP contribution in [-0.4, -0.2) is 52.1 Å². The molecule has 8 nitrogen and oxygen atoms in total. The number of aromatic hydroxyl groups is 1. The summed E-state index contributed by atoms with van der Waals surface area (Å²) in [5.41, 5.74) is 0.599. The van der Waals surface area contributed by atoms with Gasteiger partial charge in [-0.05, 0) is 17.7 Å². The zero-order valence-corrected chi connectivity index (χ0v) is 13.5. The minimum atomic E-state index is -1.06. The molecular formula is C14H19NO7S. The second-order valence-corrected chi connectivity index (χ2v) is 4.72. The minimum Gasteiger partial charge on any atom is -0.504 e. The molecular weight excluding hydrogens is 326 g/mol. The van der Waals surface area contributed by atoms with Gasteiger partial charge in [0.25, 0.3) is 0 Å². The Labute approximate surface area is 138 Å². The molecule has 1 amide bonds. The number of methoxy groups -OCH3 is 1. The van der Waals surface area contributed by atoms with Gasteiger partial charge in [-0.25, -0.2) is 4.79 Å². The van der Waals surface area contributed by atoms with Gasteiger partial charge in [0.15, 0.2) is 11.5 Å². The first-order chi connectivity index (χ1) is 10.7. The number of aliphatic carboxylic acids is 2. The van der Waals surface area contributed by atoms with E-state index in [1.807, 2.05) is 0 Å². The average molecular weight is 345 g/mol. The Kier molecular flexibility index (Phi) is 9.24. The highest BCUT2D eigenvalue weighted by molar-refractivity contribution is 7.80. The quantitative estimate of drug-likeness (QED) is 0.475. The van der Waals surface area contributed by atoms with Gasteiger partial charge in [0.1, 0.15) is 6.04 Å². The number of phenolic OH excluding ortho intramolecular Hbond substituents is 1. The van der Waals surface area contributed by atoms with Crippen LogP contribution in [-0.2, 0) is 20.8 Å². The van der Waals surface area contributed by atoms with E-state index < -0.39 is 18.0 Å². The summed E-state index contributed by atoms with van der Waals surface area (Å²) in [5, 5.41) is 28.3. The summed E-state index contributed by atoms with van der Waals surface area (Å²) in [4.78, 5) is 30.9. The van der Waals surface area contributed by atoms with Crippen molar-refractivity contribution >= 4 is 30.5 Å². The lowest BCUT2D eigenvalue weighted by Gasteiger charge is -2.08. The van der Waals surface area contributed by atoms with E-state index in [9.17, 15) is 19.5 Å². The summed E-state index contributed by atoms with van der Waals surface area (Å²) < 4.78 is 4.82. The number of carbonyl (C=O) groups excluding carboxylic acids is 1. The number of phenols is 1. The molecule has 0 bridgehead atoms. The van der Waals surface area contributed by atoms with Gasteiger partial charge >= 0.3 is 11.9 Å². The van der Waals surface area contributed by atoms with Crippen LogP contribution >= 0.6 is 12.6 Å². The van der Waals surface area contributed by atoms with Crippen molar-refractivity contribution < 1.29 is 34.4 Å². The third-order valence-corrected chi connectivity index (χ3v) is 2.82. The van der Waals surface area contributed by atoms with E-state index in [-0.39, 0.29) is 23.8 Å². The predicted molar refractivity (Wildman–Crippen MR) is 85.1 cm³/mol. The molecule has 0 heterocycles.